The van der Waals surface area contributed by atoms with Gasteiger partial charge in [-0.2, -0.15) is 4.31 Å². The predicted molar refractivity (Wildman–Crippen MR) is 159 cm³/mol. The van der Waals surface area contributed by atoms with Gasteiger partial charge in [-0.05, 0) is 68.8 Å². The van der Waals surface area contributed by atoms with Gasteiger partial charge in [-0.15, -0.1) is 0 Å². The Hall–Kier alpha value is -4.67. The predicted octanol–water partition coefficient (Wildman–Crippen LogP) is 5.75. The largest absolute Gasteiger partial charge is 0.467 e. The van der Waals surface area contributed by atoms with Crippen molar-refractivity contribution in [3.05, 3.63) is 130 Å². The van der Waals surface area contributed by atoms with E-state index in [9.17, 15) is 18.0 Å². The van der Waals surface area contributed by atoms with Crippen LogP contribution in [0.2, 0.25) is 0 Å². The lowest BCUT2D eigenvalue weighted by molar-refractivity contribution is -0.136. The quantitative estimate of drug-likeness (QED) is 0.168. The zero-order valence-electron chi connectivity index (χ0n) is 24.4. The fraction of sp³-hybridized carbons (Fsp3) is 0.212. The molecule has 9 nitrogen and oxygen atoms in total. The monoisotopic (exact) mass is 600 g/mol. The Morgan fingerprint density at radius 3 is 2.21 bits per heavy atom. The zero-order chi connectivity index (χ0) is 30.7. The molecule has 0 saturated heterocycles. The molecule has 2 aromatic heterocycles. The van der Waals surface area contributed by atoms with Crippen molar-refractivity contribution in [3.8, 4) is 0 Å². The lowest BCUT2D eigenvalue weighted by atomic mass is 10.1. The normalized spacial score (nSPS) is 14.8. The first-order chi connectivity index (χ1) is 20.6. The third kappa shape index (κ3) is 6.40. The van der Waals surface area contributed by atoms with Gasteiger partial charge in [0, 0.05) is 12.2 Å². The summed E-state index contributed by atoms with van der Waals surface area (Å²) in [4.78, 5) is 27.8. The van der Waals surface area contributed by atoms with Gasteiger partial charge >= 0.3 is 5.97 Å². The van der Waals surface area contributed by atoms with Gasteiger partial charge in [-0.25, -0.2) is 13.2 Å². The summed E-state index contributed by atoms with van der Waals surface area (Å²) in [5.41, 5.74) is 3.51. The summed E-state index contributed by atoms with van der Waals surface area (Å²) in [6.45, 7) is 5.75. The minimum absolute atomic E-state index is 0.0510. The Kier molecular flexibility index (Phi) is 8.52. The number of methoxy groups -OCH3 is 1. The van der Waals surface area contributed by atoms with E-state index >= 15 is 0 Å². The van der Waals surface area contributed by atoms with Crippen LogP contribution in [0.4, 0.5) is 0 Å². The summed E-state index contributed by atoms with van der Waals surface area (Å²) in [5.74, 6) is 0.152. The molecule has 1 aliphatic heterocycles. The SMILES string of the molecule is COC(=O)C1=C(C)N(Cc2ccco2)C(=O)/C1=C/c1ccc(CN(Cc2ccc(C)cc2)S(=O)(=O)c2ccc(C)cc2)o1. The van der Waals surface area contributed by atoms with E-state index < -0.39 is 21.9 Å². The molecule has 0 N–H and O–H groups in total. The van der Waals surface area contributed by atoms with Crippen molar-refractivity contribution in [1.82, 2.24) is 9.21 Å². The zero-order valence-corrected chi connectivity index (χ0v) is 25.2. The first-order valence-electron chi connectivity index (χ1n) is 13.6. The van der Waals surface area contributed by atoms with E-state index in [0.717, 1.165) is 16.7 Å². The van der Waals surface area contributed by atoms with Crippen LogP contribution in [0.25, 0.3) is 6.08 Å². The van der Waals surface area contributed by atoms with Gasteiger partial charge in [0.05, 0.1) is 42.5 Å². The van der Waals surface area contributed by atoms with Gasteiger partial charge in [0.25, 0.3) is 5.91 Å². The highest BCUT2D eigenvalue weighted by molar-refractivity contribution is 7.89. The van der Waals surface area contributed by atoms with Crippen molar-refractivity contribution in [3.63, 3.8) is 0 Å². The Morgan fingerprint density at radius 2 is 1.58 bits per heavy atom. The second kappa shape index (κ2) is 12.3. The number of hydrogen-bond acceptors (Lipinski definition) is 7. The van der Waals surface area contributed by atoms with Gasteiger partial charge in [-0.1, -0.05) is 47.5 Å². The number of furan rings is 2. The molecule has 10 heteroatoms. The maximum atomic E-state index is 13.8. The van der Waals surface area contributed by atoms with Gasteiger partial charge in [0.1, 0.15) is 17.3 Å². The lowest BCUT2D eigenvalue weighted by Gasteiger charge is -2.21. The Balaban J connectivity index is 1.45. The molecule has 222 valence electrons. The van der Waals surface area contributed by atoms with E-state index in [1.54, 1.807) is 55.5 Å². The third-order valence-corrected chi connectivity index (χ3v) is 9.04. The second-order valence-electron chi connectivity index (χ2n) is 10.4. The van der Waals surface area contributed by atoms with Crippen LogP contribution in [0.1, 0.15) is 40.9 Å². The Bertz CT molecular complexity index is 1800. The Morgan fingerprint density at radius 1 is 0.907 bits per heavy atom. The van der Waals surface area contributed by atoms with Crippen LogP contribution in [-0.2, 0) is 44.0 Å². The highest BCUT2D eigenvalue weighted by atomic mass is 32.2. The maximum absolute atomic E-state index is 13.8. The molecule has 0 radical (unpaired) electrons. The van der Waals surface area contributed by atoms with Crippen LogP contribution in [0, 0.1) is 13.8 Å². The van der Waals surface area contributed by atoms with Crippen molar-refractivity contribution in [2.24, 2.45) is 0 Å². The summed E-state index contributed by atoms with van der Waals surface area (Å²) in [7, 11) is -2.64. The lowest BCUT2D eigenvalue weighted by Crippen LogP contribution is -2.30. The van der Waals surface area contributed by atoms with E-state index in [0.29, 0.717) is 17.2 Å². The van der Waals surface area contributed by atoms with Gasteiger partial charge < -0.3 is 18.5 Å². The molecule has 4 aromatic rings. The van der Waals surface area contributed by atoms with Crippen molar-refractivity contribution in [1.29, 1.82) is 0 Å². The number of esters is 1. The number of hydrogen-bond donors (Lipinski definition) is 0. The molecule has 0 fully saturated rings. The average Bonchev–Trinajstić information content (AvgIpc) is 3.72. The van der Waals surface area contributed by atoms with Crippen molar-refractivity contribution in [2.75, 3.05) is 7.11 Å². The summed E-state index contributed by atoms with van der Waals surface area (Å²) in [6.07, 6.45) is 2.99. The van der Waals surface area contributed by atoms with Crippen molar-refractivity contribution < 1.29 is 31.6 Å². The third-order valence-electron chi connectivity index (χ3n) is 7.23. The molecule has 43 heavy (non-hydrogen) atoms. The summed E-state index contributed by atoms with van der Waals surface area (Å²) >= 11 is 0. The van der Waals surface area contributed by atoms with Crippen LogP contribution in [0.3, 0.4) is 0 Å². The van der Waals surface area contributed by atoms with Gasteiger partial charge in [-0.3, -0.25) is 4.79 Å². The molecule has 3 heterocycles. The maximum Gasteiger partial charge on any atom is 0.340 e. The average molecular weight is 601 g/mol. The highest BCUT2D eigenvalue weighted by Crippen LogP contribution is 2.33. The molecule has 0 spiro atoms. The second-order valence-corrected chi connectivity index (χ2v) is 12.3. The smallest absolute Gasteiger partial charge is 0.340 e. The number of benzene rings is 2. The fourth-order valence-corrected chi connectivity index (χ4v) is 6.23. The molecule has 0 atom stereocenters. The Labute approximate surface area is 250 Å². The van der Waals surface area contributed by atoms with Crippen molar-refractivity contribution in [2.45, 2.75) is 45.3 Å². The number of nitrogens with zero attached hydrogens (tertiary/aromatic N) is 2. The van der Waals surface area contributed by atoms with Gasteiger partial charge in [0.15, 0.2) is 0 Å². The van der Waals surface area contributed by atoms with E-state index in [4.69, 9.17) is 13.6 Å². The number of carbonyl (C=O) groups is 2. The fourth-order valence-electron chi connectivity index (χ4n) is 4.83. The van der Waals surface area contributed by atoms with Crippen LogP contribution >= 0.6 is 0 Å². The molecule has 0 bridgehead atoms. The number of allylic oxidation sites excluding steroid dienone is 1. The van der Waals surface area contributed by atoms with Crippen LogP contribution in [0.15, 0.2) is 110 Å². The number of amides is 1. The van der Waals surface area contributed by atoms with Gasteiger partial charge in [0.2, 0.25) is 10.0 Å². The van der Waals surface area contributed by atoms with E-state index in [-0.39, 0.29) is 41.4 Å². The van der Waals surface area contributed by atoms with Crippen LogP contribution in [-0.4, -0.2) is 36.6 Å². The number of aryl methyl sites for hydroxylation is 2. The standard InChI is InChI=1S/C33H32N2O7S/c1-22-7-11-25(12-8-22)19-34(43(38,39)29-15-9-23(2)10-16-29)20-28-14-13-26(42-28)18-30-31(33(37)40-4)24(3)35(32(30)36)21-27-6-5-17-41-27/h5-18H,19-21H2,1-4H3/b30-18+. The summed E-state index contributed by atoms with van der Waals surface area (Å²) in [6, 6.07) is 21.1. The molecular weight excluding hydrogens is 568 g/mol. The first-order valence-corrected chi connectivity index (χ1v) is 15.1. The number of carbonyl (C=O) groups excluding carboxylic acids is 2. The molecule has 2 aromatic carbocycles. The highest BCUT2D eigenvalue weighted by Gasteiger charge is 2.37. The summed E-state index contributed by atoms with van der Waals surface area (Å²) < 4.78 is 45.3. The minimum Gasteiger partial charge on any atom is -0.467 e. The molecule has 0 saturated carbocycles. The molecule has 0 unspecified atom stereocenters. The van der Waals surface area contributed by atoms with Crippen LogP contribution < -0.4 is 0 Å². The summed E-state index contributed by atoms with van der Waals surface area (Å²) in [5, 5.41) is 0. The topological polar surface area (TPSA) is 110 Å². The number of sulfonamides is 1. The van der Waals surface area contributed by atoms with Crippen LogP contribution in [0.5, 0.6) is 0 Å². The van der Waals surface area contributed by atoms with E-state index in [2.05, 4.69) is 0 Å². The molecule has 0 aliphatic carbocycles. The van der Waals surface area contributed by atoms with Crippen molar-refractivity contribution >= 4 is 28.0 Å². The van der Waals surface area contributed by atoms with E-state index in [1.807, 2.05) is 38.1 Å². The number of ether oxygens (including phenoxy) is 1. The molecule has 5 rings (SSSR count). The molecule has 1 amide bonds. The molecule has 1 aliphatic rings. The minimum atomic E-state index is -3.89. The number of rotatable bonds is 10. The van der Waals surface area contributed by atoms with E-state index in [1.165, 1.54) is 28.7 Å². The first kappa shape index (κ1) is 29.8. The molecular formula is C33H32N2O7S.